The van der Waals surface area contributed by atoms with Crippen molar-refractivity contribution in [2.24, 2.45) is 0 Å². The van der Waals surface area contributed by atoms with E-state index in [-0.39, 0.29) is 11.5 Å². The minimum Gasteiger partial charge on any atom is -0.368 e. The lowest BCUT2D eigenvalue weighted by Gasteiger charge is -2.11. The molecule has 5 nitrogen and oxygen atoms in total. The van der Waals surface area contributed by atoms with Gasteiger partial charge in [0, 0.05) is 17.5 Å². The molecule has 0 amide bonds. The first-order chi connectivity index (χ1) is 9.61. The van der Waals surface area contributed by atoms with Gasteiger partial charge >= 0.3 is 0 Å². The fraction of sp³-hybridized carbons (Fsp3) is 0.214. The molecule has 3 aromatic rings. The van der Waals surface area contributed by atoms with Crippen molar-refractivity contribution in [1.82, 2.24) is 14.5 Å². The average molecular weight is 286 g/mol. The number of anilines is 1. The third kappa shape index (κ3) is 1.89. The Kier molecular flexibility index (Phi) is 3.02. The zero-order valence-electron chi connectivity index (χ0n) is 11.3. The minimum atomic E-state index is -0.0455. The maximum absolute atomic E-state index is 12.6. The van der Waals surface area contributed by atoms with Crippen LogP contribution < -0.4 is 11.3 Å². The number of rotatable bonds is 2. The van der Waals surface area contributed by atoms with Gasteiger partial charge in [-0.2, -0.15) is 16.3 Å². The summed E-state index contributed by atoms with van der Waals surface area (Å²) in [6, 6.07) is 3.81. The summed E-state index contributed by atoms with van der Waals surface area (Å²) >= 11 is 1.57. The van der Waals surface area contributed by atoms with Gasteiger partial charge in [-0.05, 0) is 42.3 Å². The molecule has 0 bridgehead atoms. The standard InChI is InChI=1S/C14H14N4OS/c1-3-18-12-10(8(2)16-14(15)17-12)6-11(13(18)19)9-4-5-20-7-9/h4-7H,3H2,1-2H3,(H2,15,16,17). The number of aromatic nitrogens is 3. The lowest BCUT2D eigenvalue weighted by Crippen LogP contribution is -2.22. The number of nitrogen functional groups attached to an aromatic ring is 1. The summed E-state index contributed by atoms with van der Waals surface area (Å²) in [5.41, 5.74) is 8.64. The number of pyridine rings is 1. The summed E-state index contributed by atoms with van der Waals surface area (Å²) in [6.07, 6.45) is 0. The third-order valence-corrected chi connectivity index (χ3v) is 3.98. The summed E-state index contributed by atoms with van der Waals surface area (Å²) in [6.45, 7) is 4.34. The van der Waals surface area contributed by atoms with Crippen LogP contribution in [0.1, 0.15) is 12.6 Å². The lowest BCUT2D eigenvalue weighted by molar-refractivity contribution is 0.750. The van der Waals surface area contributed by atoms with Crippen LogP contribution in [0.25, 0.3) is 22.2 Å². The van der Waals surface area contributed by atoms with E-state index in [1.165, 1.54) is 0 Å². The Hall–Kier alpha value is -2.21. The predicted octanol–water partition coefficient (Wildman–Crippen LogP) is 2.43. The second-order valence-electron chi connectivity index (χ2n) is 4.52. The molecular weight excluding hydrogens is 272 g/mol. The topological polar surface area (TPSA) is 73.8 Å². The number of aryl methyl sites for hydroxylation is 2. The number of hydrogen-bond donors (Lipinski definition) is 1. The zero-order valence-corrected chi connectivity index (χ0v) is 12.1. The largest absolute Gasteiger partial charge is 0.368 e. The molecule has 0 saturated heterocycles. The van der Waals surface area contributed by atoms with Crippen molar-refractivity contribution in [3.8, 4) is 11.1 Å². The number of hydrogen-bond acceptors (Lipinski definition) is 5. The Morgan fingerprint density at radius 2 is 2.20 bits per heavy atom. The van der Waals surface area contributed by atoms with E-state index in [9.17, 15) is 4.79 Å². The molecule has 0 fully saturated rings. The molecule has 2 N–H and O–H groups in total. The van der Waals surface area contributed by atoms with Crippen LogP contribution in [0, 0.1) is 6.92 Å². The summed E-state index contributed by atoms with van der Waals surface area (Å²) in [5.74, 6) is 0.194. The predicted molar refractivity (Wildman–Crippen MR) is 81.9 cm³/mol. The number of thiophene rings is 1. The maximum Gasteiger partial charge on any atom is 0.260 e. The first-order valence-corrected chi connectivity index (χ1v) is 7.26. The van der Waals surface area contributed by atoms with Crippen molar-refractivity contribution in [3.63, 3.8) is 0 Å². The zero-order chi connectivity index (χ0) is 14.3. The van der Waals surface area contributed by atoms with Gasteiger partial charge in [0.05, 0.1) is 5.69 Å². The lowest BCUT2D eigenvalue weighted by atomic mass is 10.1. The maximum atomic E-state index is 12.6. The fourth-order valence-electron chi connectivity index (χ4n) is 2.33. The second kappa shape index (κ2) is 4.72. The van der Waals surface area contributed by atoms with Gasteiger partial charge in [-0.15, -0.1) is 0 Å². The van der Waals surface area contributed by atoms with Gasteiger partial charge in [-0.3, -0.25) is 9.36 Å². The SMILES string of the molecule is CCn1c(=O)c(-c2ccsc2)cc2c(C)nc(N)nc21. The normalized spacial score (nSPS) is 11.1. The molecule has 102 valence electrons. The van der Waals surface area contributed by atoms with Crippen LogP contribution in [0.5, 0.6) is 0 Å². The molecule has 3 aromatic heterocycles. The Balaban J connectivity index is 2.46. The molecule has 6 heteroatoms. The number of nitrogens with two attached hydrogens (primary N) is 1. The average Bonchev–Trinajstić information content (AvgIpc) is 2.92. The smallest absolute Gasteiger partial charge is 0.260 e. The van der Waals surface area contributed by atoms with Crippen molar-refractivity contribution in [2.45, 2.75) is 20.4 Å². The molecular formula is C14H14N4OS. The van der Waals surface area contributed by atoms with E-state index in [0.29, 0.717) is 17.8 Å². The highest BCUT2D eigenvalue weighted by molar-refractivity contribution is 7.08. The van der Waals surface area contributed by atoms with Gasteiger partial charge in [0.2, 0.25) is 5.95 Å². The summed E-state index contributed by atoms with van der Waals surface area (Å²) in [5, 5.41) is 4.79. The molecule has 0 saturated carbocycles. The molecule has 3 heterocycles. The second-order valence-corrected chi connectivity index (χ2v) is 5.30. The van der Waals surface area contributed by atoms with Gasteiger partial charge in [-0.25, -0.2) is 4.98 Å². The van der Waals surface area contributed by atoms with Gasteiger partial charge in [0.15, 0.2) is 0 Å². The molecule has 20 heavy (non-hydrogen) atoms. The van der Waals surface area contributed by atoms with Crippen LogP contribution in [0.4, 0.5) is 5.95 Å². The molecule has 0 aromatic carbocycles. The van der Waals surface area contributed by atoms with Gasteiger partial charge < -0.3 is 5.73 Å². The number of nitrogens with zero attached hydrogens (tertiary/aromatic N) is 3. The minimum absolute atomic E-state index is 0.0455. The highest BCUT2D eigenvalue weighted by atomic mass is 32.1. The summed E-state index contributed by atoms with van der Waals surface area (Å²) in [4.78, 5) is 21.0. The van der Waals surface area contributed by atoms with Crippen LogP contribution in [-0.2, 0) is 6.54 Å². The van der Waals surface area contributed by atoms with Crippen LogP contribution in [0.15, 0.2) is 27.7 Å². The molecule has 3 rings (SSSR count). The Bertz CT molecular complexity index is 836. The van der Waals surface area contributed by atoms with Crippen molar-refractivity contribution >= 4 is 28.3 Å². The molecule has 0 aliphatic heterocycles. The molecule has 0 aliphatic carbocycles. The van der Waals surface area contributed by atoms with Crippen molar-refractivity contribution in [2.75, 3.05) is 5.73 Å². The first-order valence-electron chi connectivity index (χ1n) is 6.32. The van der Waals surface area contributed by atoms with Crippen LogP contribution in [0.3, 0.4) is 0 Å². The van der Waals surface area contributed by atoms with Crippen LogP contribution >= 0.6 is 11.3 Å². The van der Waals surface area contributed by atoms with E-state index in [2.05, 4.69) is 9.97 Å². The van der Waals surface area contributed by atoms with Crippen molar-refractivity contribution in [1.29, 1.82) is 0 Å². The van der Waals surface area contributed by atoms with Crippen LogP contribution in [-0.4, -0.2) is 14.5 Å². The van der Waals surface area contributed by atoms with E-state index < -0.39 is 0 Å². The highest BCUT2D eigenvalue weighted by Crippen LogP contribution is 2.24. The first kappa shape index (κ1) is 12.8. The Morgan fingerprint density at radius 3 is 2.85 bits per heavy atom. The summed E-state index contributed by atoms with van der Waals surface area (Å²) < 4.78 is 1.65. The van der Waals surface area contributed by atoms with E-state index in [1.54, 1.807) is 15.9 Å². The van der Waals surface area contributed by atoms with Crippen molar-refractivity contribution in [3.05, 3.63) is 38.9 Å². The monoisotopic (exact) mass is 286 g/mol. The summed E-state index contributed by atoms with van der Waals surface area (Å²) in [7, 11) is 0. The van der Waals surface area contributed by atoms with Gasteiger partial charge in [-0.1, -0.05) is 0 Å². The quantitative estimate of drug-likeness (QED) is 0.785. The number of fused-ring (bicyclic) bond motifs is 1. The molecule has 0 aliphatic rings. The highest BCUT2D eigenvalue weighted by Gasteiger charge is 2.14. The fourth-order valence-corrected chi connectivity index (χ4v) is 2.98. The van der Waals surface area contributed by atoms with E-state index in [0.717, 1.165) is 16.6 Å². The van der Waals surface area contributed by atoms with Gasteiger partial charge in [0.1, 0.15) is 5.65 Å². The molecule has 0 radical (unpaired) electrons. The molecule has 0 unspecified atom stereocenters. The molecule has 0 atom stereocenters. The Labute approximate surface area is 119 Å². The van der Waals surface area contributed by atoms with E-state index in [4.69, 9.17) is 5.73 Å². The Morgan fingerprint density at radius 1 is 1.40 bits per heavy atom. The molecule has 0 spiro atoms. The van der Waals surface area contributed by atoms with Crippen LogP contribution in [0.2, 0.25) is 0 Å². The third-order valence-electron chi connectivity index (χ3n) is 3.30. The van der Waals surface area contributed by atoms with E-state index >= 15 is 0 Å². The van der Waals surface area contributed by atoms with Gasteiger partial charge in [0.25, 0.3) is 5.56 Å². The van der Waals surface area contributed by atoms with E-state index in [1.807, 2.05) is 36.7 Å². The van der Waals surface area contributed by atoms with Crippen molar-refractivity contribution < 1.29 is 0 Å².